The minimum absolute atomic E-state index is 0.136. The van der Waals surface area contributed by atoms with E-state index in [0.717, 1.165) is 17.7 Å². The molecule has 1 aliphatic carbocycles. The number of alkyl halides is 3. The van der Waals surface area contributed by atoms with Crippen molar-refractivity contribution >= 4 is 17.5 Å². The molecule has 11 heteroatoms. The Hall–Kier alpha value is -2.95. The Bertz CT molecular complexity index is 1100. The van der Waals surface area contributed by atoms with Crippen LogP contribution in [-0.4, -0.2) is 58.3 Å². The maximum absolute atomic E-state index is 13.9. The Morgan fingerprint density at radius 1 is 1.32 bits per heavy atom. The van der Waals surface area contributed by atoms with E-state index >= 15 is 0 Å². The number of carbonyl (C=O) groups is 1. The van der Waals surface area contributed by atoms with Crippen molar-refractivity contribution in [1.82, 2.24) is 14.5 Å². The number of ketones is 1. The fourth-order valence-electron chi connectivity index (χ4n) is 3.99. The van der Waals surface area contributed by atoms with E-state index in [4.69, 9.17) is 4.74 Å². The van der Waals surface area contributed by atoms with E-state index in [-0.39, 0.29) is 36.4 Å². The fraction of sp³-hybridized carbons (Fsp3) is 0.565. The average Bonchev–Trinajstić information content (AvgIpc) is 3.60. The molecule has 2 aromatic heterocycles. The van der Waals surface area contributed by atoms with Gasteiger partial charge in [0.25, 0.3) is 5.56 Å². The first-order valence-corrected chi connectivity index (χ1v) is 11.4. The van der Waals surface area contributed by atoms with E-state index in [2.05, 4.69) is 15.3 Å². The first kappa shape index (κ1) is 24.2. The number of anilines is 2. The number of aromatic nitrogens is 3. The summed E-state index contributed by atoms with van der Waals surface area (Å²) in [6.45, 7) is 3.80. The first-order chi connectivity index (χ1) is 16.1. The number of nitrogens with zero attached hydrogens (tertiary/aromatic N) is 4. The van der Waals surface area contributed by atoms with Crippen LogP contribution < -0.4 is 15.8 Å². The molecule has 184 valence electrons. The molecule has 0 saturated heterocycles. The van der Waals surface area contributed by atoms with Crippen LogP contribution >= 0.6 is 0 Å². The topological polar surface area (TPSA) is 89.4 Å². The largest absolute Gasteiger partial charge is 0.408 e. The van der Waals surface area contributed by atoms with Crippen LogP contribution in [0.1, 0.15) is 42.2 Å². The molecular weight excluding hydrogens is 451 g/mol. The van der Waals surface area contributed by atoms with Gasteiger partial charge in [-0.1, -0.05) is 0 Å². The summed E-state index contributed by atoms with van der Waals surface area (Å²) in [5.41, 5.74) is 0.183. The molecule has 1 saturated carbocycles. The zero-order valence-electron chi connectivity index (χ0n) is 19.1. The quantitative estimate of drug-likeness (QED) is 0.553. The number of nitrogens with one attached hydrogen (secondary N) is 1. The SMILES string of the molecule is Cc1ncccc1C(=O)CN1c2nc(NC[C@H](C)OCC3CC3)cc(=O)n2CCC1C(F)(F)F. The van der Waals surface area contributed by atoms with E-state index in [9.17, 15) is 22.8 Å². The van der Waals surface area contributed by atoms with Gasteiger partial charge in [-0.2, -0.15) is 18.2 Å². The molecule has 1 fully saturated rings. The smallest absolute Gasteiger partial charge is 0.376 e. The number of carbonyl (C=O) groups excluding carboxylic acids is 1. The Kier molecular flexibility index (Phi) is 6.92. The maximum atomic E-state index is 13.9. The number of Topliss-reactive ketones (excluding diaryl/α,β-unsaturated/α-hetero) is 1. The van der Waals surface area contributed by atoms with Gasteiger partial charge >= 0.3 is 6.18 Å². The van der Waals surface area contributed by atoms with Gasteiger partial charge in [-0.05, 0) is 51.2 Å². The Morgan fingerprint density at radius 3 is 2.76 bits per heavy atom. The summed E-state index contributed by atoms with van der Waals surface area (Å²) in [6.07, 6.45) is -1.27. The maximum Gasteiger partial charge on any atom is 0.408 e. The number of aryl methyl sites for hydroxylation is 1. The summed E-state index contributed by atoms with van der Waals surface area (Å²) in [6, 6.07) is 2.41. The van der Waals surface area contributed by atoms with Crippen LogP contribution in [0.15, 0.2) is 29.2 Å². The Labute approximate surface area is 195 Å². The Balaban J connectivity index is 1.59. The van der Waals surface area contributed by atoms with E-state index in [1.807, 2.05) is 6.92 Å². The molecular formula is C23H28F3N5O3. The highest BCUT2D eigenvalue weighted by molar-refractivity contribution is 6.00. The molecule has 0 amide bonds. The first-order valence-electron chi connectivity index (χ1n) is 11.4. The van der Waals surface area contributed by atoms with Crippen LogP contribution in [0.2, 0.25) is 0 Å². The predicted octanol–water partition coefficient (Wildman–Crippen LogP) is 3.20. The molecule has 0 bridgehead atoms. The number of hydrogen-bond acceptors (Lipinski definition) is 7. The van der Waals surface area contributed by atoms with E-state index in [1.54, 1.807) is 13.0 Å². The van der Waals surface area contributed by atoms with Crippen LogP contribution in [-0.2, 0) is 11.3 Å². The second kappa shape index (κ2) is 9.73. The van der Waals surface area contributed by atoms with Crippen LogP contribution in [0.4, 0.5) is 24.9 Å². The lowest BCUT2D eigenvalue weighted by molar-refractivity contribution is -0.152. The fourth-order valence-corrected chi connectivity index (χ4v) is 3.99. The summed E-state index contributed by atoms with van der Waals surface area (Å²) in [5, 5.41) is 3.00. The molecule has 1 N–H and O–H groups in total. The lowest BCUT2D eigenvalue weighted by Crippen LogP contribution is -2.54. The molecule has 0 spiro atoms. The molecule has 1 aliphatic heterocycles. The predicted molar refractivity (Wildman–Crippen MR) is 120 cm³/mol. The van der Waals surface area contributed by atoms with E-state index in [1.165, 1.54) is 22.9 Å². The van der Waals surface area contributed by atoms with Crippen molar-refractivity contribution in [2.24, 2.45) is 5.92 Å². The van der Waals surface area contributed by atoms with Crippen molar-refractivity contribution in [1.29, 1.82) is 0 Å². The molecule has 2 aliphatic rings. The molecule has 34 heavy (non-hydrogen) atoms. The lowest BCUT2D eigenvalue weighted by Gasteiger charge is -2.38. The standard InChI is InChI=1S/C23H28F3N5O3/c1-14(34-13-16-5-6-16)11-28-20-10-21(33)30-9-7-19(23(24,25)26)31(22(30)29-20)12-18(32)17-4-3-8-27-15(17)2/h3-4,8,10,14,16,19,28H,5-7,9,11-13H2,1-2H3/t14-,19?/m0/s1. The molecule has 3 heterocycles. The third-order valence-electron chi connectivity index (χ3n) is 6.13. The highest BCUT2D eigenvalue weighted by Gasteiger charge is 2.47. The summed E-state index contributed by atoms with van der Waals surface area (Å²) in [4.78, 5) is 34.9. The number of ether oxygens (including phenoxy) is 1. The second-order valence-electron chi connectivity index (χ2n) is 8.93. The van der Waals surface area contributed by atoms with Gasteiger partial charge in [0, 0.05) is 43.2 Å². The molecule has 2 atom stereocenters. The number of halogens is 3. The van der Waals surface area contributed by atoms with Gasteiger partial charge in [-0.25, -0.2) is 0 Å². The third-order valence-corrected chi connectivity index (χ3v) is 6.13. The van der Waals surface area contributed by atoms with Gasteiger partial charge in [-0.3, -0.25) is 19.1 Å². The summed E-state index contributed by atoms with van der Waals surface area (Å²) >= 11 is 0. The second-order valence-corrected chi connectivity index (χ2v) is 8.93. The summed E-state index contributed by atoms with van der Waals surface area (Å²) in [5.74, 6) is 0.0480. The number of hydrogen-bond donors (Lipinski definition) is 1. The number of pyridine rings is 1. The Morgan fingerprint density at radius 2 is 2.09 bits per heavy atom. The number of fused-ring (bicyclic) bond motifs is 1. The van der Waals surface area contributed by atoms with Gasteiger partial charge in [-0.15, -0.1) is 0 Å². The zero-order chi connectivity index (χ0) is 24.5. The van der Waals surface area contributed by atoms with Crippen molar-refractivity contribution in [2.45, 2.75) is 58.0 Å². The van der Waals surface area contributed by atoms with Crippen LogP contribution in [0, 0.1) is 12.8 Å². The van der Waals surface area contributed by atoms with Crippen LogP contribution in [0.5, 0.6) is 0 Å². The molecule has 0 aromatic carbocycles. The van der Waals surface area contributed by atoms with Crippen molar-refractivity contribution in [3.8, 4) is 0 Å². The molecule has 2 aromatic rings. The van der Waals surface area contributed by atoms with Gasteiger partial charge in [0.2, 0.25) is 5.95 Å². The lowest BCUT2D eigenvalue weighted by atomic mass is 10.1. The zero-order valence-corrected chi connectivity index (χ0v) is 19.1. The minimum atomic E-state index is -4.60. The number of rotatable bonds is 9. The van der Waals surface area contributed by atoms with Crippen molar-refractivity contribution < 1.29 is 22.7 Å². The highest BCUT2D eigenvalue weighted by atomic mass is 19.4. The third kappa shape index (κ3) is 5.57. The van der Waals surface area contributed by atoms with Gasteiger partial charge in [0.05, 0.1) is 12.6 Å². The van der Waals surface area contributed by atoms with Crippen molar-refractivity contribution in [3.63, 3.8) is 0 Å². The van der Waals surface area contributed by atoms with Crippen LogP contribution in [0.25, 0.3) is 0 Å². The monoisotopic (exact) mass is 479 g/mol. The molecule has 1 unspecified atom stereocenters. The van der Waals surface area contributed by atoms with E-state index in [0.29, 0.717) is 24.8 Å². The summed E-state index contributed by atoms with van der Waals surface area (Å²) < 4.78 is 48.7. The van der Waals surface area contributed by atoms with Crippen molar-refractivity contribution in [3.05, 3.63) is 46.0 Å². The van der Waals surface area contributed by atoms with Gasteiger partial charge in [0.1, 0.15) is 11.9 Å². The molecule has 8 nitrogen and oxygen atoms in total. The minimum Gasteiger partial charge on any atom is -0.376 e. The average molecular weight is 480 g/mol. The highest BCUT2D eigenvalue weighted by Crippen LogP contribution is 2.34. The van der Waals surface area contributed by atoms with E-state index < -0.39 is 30.1 Å². The molecule has 0 radical (unpaired) electrons. The van der Waals surface area contributed by atoms with Gasteiger partial charge in [0.15, 0.2) is 5.78 Å². The normalized spacial score (nSPS) is 19.0. The van der Waals surface area contributed by atoms with Crippen molar-refractivity contribution in [2.75, 3.05) is 29.9 Å². The van der Waals surface area contributed by atoms with Crippen LogP contribution in [0.3, 0.4) is 0 Å². The van der Waals surface area contributed by atoms with Gasteiger partial charge < -0.3 is 15.0 Å². The molecule has 4 rings (SSSR count). The summed E-state index contributed by atoms with van der Waals surface area (Å²) in [7, 11) is 0.